The van der Waals surface area contributed by atoms with Gasteiger partial charge in [0.2, 0.25) is 0 Å². The number of hydrogen-bond donors (Lipinski definition) is 2. The molecule has 0 aliphatic carbocycles. The maximum Gasteiger partial charge on any atom is 0.138 e. The lowest BCUT2D eigenvalue weighted by Crippen LogP contribution is -2.65. The Hall–Kier alpha value is -1.51. The molecule has 1 aromatic carbocycles. The summed E-state index contributed by atoms with van der Waals surface area (Å²) < 4.78 is 7.37. The molecule has 1 fully saturated rings. The molecule has 0 amide bonds. The molecule has 0 saturated carbocycles. The normalized spacial score (nSPS) is 25.3. The minimum Gasteiger partial charge on any atom is -0.394 e. The lowest BCUT2D eigenvalue weighted by molar-refractivity contribution is -0.106. The Bertz CT molecular complexity index is 726. The molecule has 26 heavy (non-hydrogen) atoms. The standard InChI is InChI=1S/C18H26ClN5O2/c1-13-7-26-10-18(9-25,23(13)3)8-21-14(2)16-5-4-15(6-17(16)19)24-12-20-11-22-24/h4-6,11-14,21,25H,7-10H2,1-3H3/t13-,14?,18+/m1/s1. The van der Waals surface area contributed by atoms with Crippen molar-refractivity contribution < 1.29 is 9.84 Å². The Morgan fingerprint density at radius 2 is 2.31 bits per heavy atom. The van der Waals surface area contributed by atoms with Crippen molar-refractivity contribution in [2.75, 3.05) is 33.4 Å². The quantitative estimate of drug-likeness (QED) is 0.795. The first-order chi connectivity index (χ1) is 12.5. The molecule has 1 aliphatic rings. The summed E-state index contributed by atoms with van der Waals surface area (Å²) in [7, 11) is 2.04. The maximum absolute atomic E-state index is 10.0. The molecular formula is C18H26ClN5O2. The van der Waals surface area contributed by atoms with Crippen LogP contribution in [0.2, 0.25) is 5.02 Å². The van der Waals surface area contributed by atoms with Crippen LogP contribution in [0.1, 0.15) is 25.5 Å². The first-order valence-electron chi connectivity index (χ1n) is 8.76. The van der Waals surface area contributed by atoms with Gasteiger partial charge in [0.15, 0.2) is 0 Å². The van der Waals surface area contributed by atoms with Crippen LogP contribution in [0.4, 0.5) is 0 Å². The van der Waals surface area contributed by atoms with Crippen LogP contribution < -0.4 is 5.32 Å². The molecular weight excluding hydrogens is 354 g/mol. The zero-order valence-corrected chi connectivity index (χ0v) is 16.1. The molecule has 3 rings (SSSR count). The van der Waals surface area contributed by atoms with Crippen LogP contribution in [-0.4, -0.2) is 69.8 Å². The van der Waals surface area contributed by atoms with Crippen LogP contribution in [0.15, 0.2) is 30.9 Å². The minimum atomic E-state index is -0.431. The maximum atomic E-state index is 10.0. The van der Waals surface area contributed by atoms with Gasteiger partial charge in [0.25, 0.3) is 0 Å². The molecule has 1 unspecified atom stereocenters. The number of likely N-dealkylation sites (N-methyl/N-ethyl adjacent to an activating group) is 1. The first kappa shape index (κ1) is 19.3. The van der Waals surface area contributed by atoms with Gasteiger partial charge in [-0.2, -0.15) is 5.10 Å². The molecule has 142 valence electrons. The van der Waals surface area contributed by atoms with Crippen molar-refractivity contribution in [3.63, 3.8) is 0 Å². The number of aliphatic hydroxyl groups is 1. The van der Waals surface area contributed by atoms with E-state index < -0.39 is 5.54 Å². The van der Waals surface area contributed by atoms with Crippen LogP contribution in [-0.2, 0) is 4.74 Å². The average Bonchev–Trinajstić information content (AvgIpc) is 3.17. The van der Waals surface area contributed by atoms with E-state index in [1.54, 1.807) is 11.0 Å². The number of aromatic nitrogens is 3. The van der Waals surface area contributed by atoms with Gasteiger partial charge >= 0.3 is 0 Å². The number of ether oxygens (including phenoxy) is 1. The third-order valence-electron chi connectivity index (χ3n) is 5.30. The van der Waals surface area contributed by atoms with Crippen molar-refractivity contribution >= 4 is 11.6 Å². The van der Waals surface area contributed by atoms with Crippen LogP contribution >= 0.6 is 11.6 Å². The molecule has 0 spiro atoms. The highest BCUT2D eigenvalue weighted by molar-refractivity contribution is 6.31. The average molecular weight is 380 g/mol. The molecule has 1 saturated heterocycles. The van der Waals surface area contributed by atoms with Crippen LogP contribution in [0.25, 0.3) is 5.69 Å². The largest absolute Gasteiger partial charge is 0.394 e. The van der Waals surface area contributed by atoms with E-state index in [1.807, 2.05) is 25.2 Å². The number of rotatable bonds is 6. The van der Waals surface area contributed by atoms with Gasteiger partial charge in [0, 0.05) is 23.7 Å². The van der Waals surface area contributed by atoms with Gasteiger partial charge in [-0.25, -0.2) is 9.67 Å². The second kappa shape index (κ2) is 8.02. The second-order valence-electron chi connectivity index (χ2n) is 7.01. The molecule has 1 aromatic heterocycles. The predicted molar refractivity (Wildman–Crippen MR) is 101 cm³/mol. The van der Waals surface area contributed by atoms with Crippen molar-refractivity contribution in [3.8, 4) is 5.69 Å². The number of morpholine rings is 1. The number of aliphatic hydroxyl groups excluding tert-OH is 1. The van der Waals surface area contributed by atoms with Gasteiger partial charge in [0.05, 0.1) is 31.0 Å². The molecule has 0 bridgehead atoms. The summed E-state index contributed by atoms with van der Waals surface area (Å²) in [5, 5.41) is 18.3. The zero-order valence-electron chi connectivity index (χ0n) is 15.4. The molecule has 2 N–H and O–H groups in total. The van der Waals surface area contributed by atoms with Crippen LogP contribution in [0.3, 0.4) is 0 Å². The van der Waals surface area contributed by atoms with E-state index in [9.17, 15) is 5.11 Å². The van der Waals surface area contributed by atoms with E-state index in [0.717, 1.165) is 11.3 Å². The molecule has 8 heteroatoms. The summed E-state index contributed by atoms with van der Waals surface area (Å²) in [5.41, 5.74) is 1.43. The number of hydrogen-bond acceptors (Lipinski definition) is 6. The lowest BCUT2D eigenvalue weighted by Gasteiger charge is -2.47. The van der Waals surface area contributed by atoms with E-state index in [-0.39, 0.29) is 18.7 Å². The van der Waals surface area contributed by atoms with E-state index in [4.69, 9.17) is 16.3 Å². The number of halogens is 1. The second-order valence-corrected chi connectivity index (χ2v) is 7.41. The lowest BCUT2D eigenvalue weighted by atomic mass is 9.95. The van der Waals surface area contributed by atoms with Gasteiger partial charge in [0.1, 0.15) is 12.7 Å². The highest BCUT2D eigenvalue weighted by atomic mass is 35.5. The topological polar surface area (TPSA) is 75.4 Å². The summed E-state index contributed by atoms with van der Waals surface area (Å²) in [4.78, 5) is 6.15. The van der Waals surface area contributed by atoms with Crippen molar-refractivity contribution in [1.29, 1.82) is 0 Å². The SMILES string of the molecule is CC(NC[C@]1(CO)COC[C@@H](C)N1C)c1ccc(-n2cncn2)cc1Cl. The van der Waals surface area contributed by atoms with Gasteiger partial charge in [-0.05, 0) is 38.6 Å². The monoisotopic (exact) mass is 379 g/mol. The van der Waals surface area contributed by atoms with Crippen molar-refractivity contribution in [3.05, 3.63) is 41.4 Å². The Balaban J connectivity index is 1.70. The Morgan fingerprint density at radius 1 is 1.50 bits per heavy atom. The predicted octanol–water partition coefficient (Wildman–Crippen LogP) is 1.65. The summed E-state index contributed by atoms with van der Waals surface area (Å²) in [6.45, 7) is 5.99. The first-order valence-corrected chi connectivity index (χ1v) is 9.14. The highest BCUT2D eigenvalue weighted by Crippen LogP contribution is 2.27. The third kappa shape index (κ3) is 3.77. The molecule has 1 aliphatic heterocycles. The zero-order chi connectivity index (χ0) is 18.7. The van der Waals surface area contributed by atoms with E-state index in [2.05, 4.69) is 34.1 Å². The van der Waals surface area contributed by atoms with Gasteiger partial charge in [-0.1, -0.05) is 17.7 Å². The molecule has 3 atom stereocenters. The van der Waals surface area contributed by atoms with Gasteiger partial charge in [-0.15, -0.1) is 0 Å². The number of nitrogens with zero attached hydrogens (tertiary/aromatic N) is 4. The van der Waals surface area contributed by atoms with Crippen LogP contribution in [0, 0.1) is 0 Å². The number of benzene rings is 1. The van der Waals surface area contributed by atoms with Crippen LogP contribution in [0.5, 0.6) is 0 Å². The molecule has 2 aromatic rings. The summed E-state index contributed by atoms with van der Waals surface area (Å²) in [5.74, 6) is 0. The minimum absolute atomic E-state index is 0.0290. The van der Waals surface area contributed by atoms with E-state index in [0.29, 0.717) is 24.8 Å². The Morgan fingerprint density at radius 3 is 2.96 bits per heavy atom. The fourth-order valence-electron chi connectivity index (χ4n) is 3.29. The summed E-state index contributed by atoms with van der Waals surface area (Å²) in [6.07, 6.45) is 3.13. The van der Waals surface area contributed by atoms with Crippen molar-refractivity contribution in [2.24, 2.45) is 0 Å². The smallest absolute Gasteiger partial charge is 0.138 e. The molecule has 7 nitrogen and oxygen atoms in total. The summed E-state index contributed by atoms with van der Waals surface area (Å²) in [6, 6.07) is 6.13. The van der Waals surface area contributed by atoms with Gasteiger partial charge in [-0.3, -0.25) is 4.90 Å². The van der Waals surface area contributed by atoms with Crippen molar-refractivity contribution in [2.45, 2.75) is 31.5 Å². The molecule has 2 heterocycles. The summed E-state index contributed by atoms with van der Waals surface area (Å²) >= 11 is 6.50. The molecule has 0 radical (unpaired) electrons. The van der Waals surface area contributed by atoms with Gasteiger partial charge < -0.3 is 15.2 Å². The third-order valence-corrected chi connectivity index (χ3v) is 5.63. The van der Waals surface area contributed by atoms with E-state index >= 15 is 0 Å². The Kier molecular flexibility index (Phi) is 5.94. The number of nitrogens with one attached hydrogen (secondary N) is 1. The fraction of sp³-hybridized carbons (Fsp3) is 0.556. The van der Waals surface area contributed by atoms with E-state index in [1.165, 1.54) is 6.33 Å². The Labute approximate surface area is 158 Å². The fourth-order valence-corrected chi connectivity index (χ4v) is 3.63. The highest BCUT2D eigenvalue weighted by Gasteiger charge is 2.40. The van der Waals surface area contributed by atoms with Crippen molar-refractivity contribution in [1.82, 2.24) is 25.0 Å².